The number of nitrogen functional groups attached to an aromatic ring is 1. The number of rotatable bonds is 2. The van der Waals surface area contributed by atoms with Crippen LogP contribution in [0.1, 0.15) is 21.5 Å². The van der Waals surface area contributed by atoms with Crippen molar-refractivity contribution in [2.75, 3.05) is 11.1 Å². The van der Waals surface area contributed by atoms with E-state index in [2.05, 4.69) is 10.3 Å². The second-order valence-corrected chi connectivity index (χ2v) is 4.24. The number of amides is 1. The van der Waals surface area contributed by atoms with Crippen LogP contribution < -0.4 is 11.1 Å². The molecule has 0 unspecified atom stereocenters. The van der Waals surface area contributed by atoms with E-state index in [9.17, 15) is 4.79 Å². The third-order valence-electron chi connectivity index (χ3n) is 2.68. The molecule has 4 nitrogen and oxygen atoms in total. The molecule has 1 aromatic carbocycles. The van der Waals surface area contributed by atoms with Crippen molar-refractivity contribution in [3.05, 3.63) is 53.3 Å². The van der Waals surface area contributed by atoms with Crippen LogP contribution in [-0.4, -0.2) is 10.9 Å². The van der Waals surface area contributed by atoms with Gasteiger partial charge < -0.3 is 11.1 Å². The maximum atomic E-state index is 12.1. The van der Waals surface area contributed by atoms with Crippen molar-refractivity contribution < 1.29 is 4.79 Å². The molecule has 2 aromatic rings. The van der Waals surface area contributed by atoms with Crippen LogP contribution in [0, 0.1) is 13.8 Å². The number of nitrogens with zero attached hydrogens (tertiary/aromatic N) is 1. The van der Waals surface area contributed by atoms with Crippen molar-refractivity contribution in [2.24, 2.45) is 0 Å². The van der Waals surface area contributed by atoms with Crippen molar-refractivity contribution in [3.8, 4) is 0 Å². The molecule has 1 amide bonds. The third kappa shape index (κ3) is 2.48. The van der Waals surface area contributed by atoms with Crippen LogP contribution in [0.5, 0.6) is 0 Å². The van der Waals surface area contributed by atoms with E-state index in [1.165, 1.54) is 6.20 Å². The predicted octanol–water partition coefficient (Wildman–Crippen LogP) is 2.53. The van der Waals surface area contributed by atoms with Crippen LogP contribution in [0.3, 0.4) is 0 Å². The maximum Gasteiger partial charge on any atom is 0.257 e. The Kier molecular flexibility index (Phi) is 3.28. The van der Waals surface area contributed by atoms with Crippen LogP contribution in [0.4, 0.5) is 11.4 Å². The van der Waals surface area contributed by atoms with Gasteiger partial charge in [0.15, 0.2) is 0 Å². The van der Waals surface area contributed by atoms with Gasteiger partial charge in [0.25, 0.3) is 5.91 Å². The first-order valence-corrected chi connectivity index (χ1v) is 5.66. The van der Waals surface area contributed by atoms with Gasteiger partial charge in [0, 0.05) is 12.4 Å². The molecule has 0 aliphatic heterocycles. The Morgan fingerprint density at radius 2 is 2.06 bits per heavy atom. The van der Waals surface area contributed by atoms with Gasteiger partial charge in [-0.2, -0.15) is 0 Å². The average molecular weight is 241 g/mol. The van der Waals surface area contributed by atoms with Gasteiger partial charge in [-0.25, -0.2) is 0 Å². The first-order chi connectivity index (χ1) is 8.58. The lowest BCUT2D eigenvalue weighted by atomic mass is 10.1. The molecule has 1 aromatic heterocycles. The van der Waals surface area contributed by atoms with Crippen LogP contribution in [0.2, 0.25) is 0 Å². The number of para-hydroxylation sites is 1. The van der Waals surface area contributed by atoms with Gasteiger partial charge in [0.05, 0.1) is 16.9 Å². The van der Waals surface area contributed by atoms with Crippen molar-refractivity contribution >= 4 is 17.3 Å². The van der Waals surface area contributed by atoms with Gasteiger partial charge in [-0.05, 0) is 37.1 Å². The molecule has 0 radical (unpaired) electrons. The number of carbonyl (C=O) groups is 1. The van der Waals surface area contributed by atoms with Crippen LogP contribution in [0.25, 0.3) is 0 Å². The van der Waals surface area contributed by atoms with Crippen molar-refractivity contribution in [1.29, 1.82) is 0 Å². The van der Waals surface area contributed by atoms with Crippen LogP contribution in [-0.2, 0) is 0 Å². The SMILES string of the molecule is Cc1cncc(C(=O)Nc2c(C)cccc2N)c1. The number of carbonyl (C=O) groups excluding carboxylic acids is 1. The molecule has 0 fully saturated rings. The summed E-state index contributed by atoms with van der Waals surface area (Å²) in [6.07, 6.45) is 3.25. The molecular weight excluding hydrogens is 226 g/mol. The summed E-state index contributed by atoms with van der Waals surface area (Å²) in [5.41, 5.74) is 9.47. The van der Waals surface area contributed by atoms with Crippen molar-refractivity contribution in [3.63, 3.8) is 0 Å². The zero-order valence-corrected chi connectivity index (χ0v) is 10.4. The Labute approximate surface area is 106 Å². The number of hydrogen-bond acceptors (Lipinski definition) is 3. The first-order valence-electron chi connectivity index (χ1n) is 5.66. The zero-order valence-electron chi connectivity index (χ0n) is 10.4. The number of nitrogens with one attached hydrogen (secondary N) is 1. The summed E-state index contributed by atoms with van der Waals surface area (Å²) < 4.78 is 0. The zero-order chi connectivity index (χ0) is 13.1. The lowest BCUT2D eigenvalue weighted by molar-refractivity contribution is 0.102. The lowest BCUT2D eigenvalue weighted by Crippen LogP contribution is -2.14. The number of benzene rings is 1. The van der Waals surface area contributed by atoms with Gasteiger partial charge in [0.1, 0.15) is 0 Å². The second kappa shape index (κ2) is 4.87. The molecule has 0 aliphatic carbocycles. The molecule has 2 rings (SSSR count). The maximum absolute atomic E-state index is 12.1. The summed E-state index contributed by atoms with van der Waals surface area (Å²) in [4.78, 5) is 16.1. The topological polar surface area (TPSA) is 68.0 Å². The molecule has 0 spiro atoms. The molecule has 0 bridgehead atoms. The van der Waals surface area contributed by atoms with E-state index in [0.717, 1.165) is 11.1 Å². The second-order valence-electron chi connectivity index (χ2n) is 4.24. The summed E-state index contributed by atoms with van der Waals surface area (Å²) in [7, 11) is 0. The van der Waals surface area contributed by atoms with Crippen molar-refractivity contribution in [2.45, 2.75) is 13.8 Å². The molecule has 92 valence electrons. The highest BCUT2D eigenvalue weighted by Crippen LogP contribution is 2.23. The highest BCUT2D eigenvalue weighted by atomic mass is 16.1. The van der Waals surface area contributed by atoms with E-state index < -0.39 is 0 Å². The van der Waals surface area contributed by atoms with E-state index in [1.54, 1.807) is 18.3 Å². The Bertz CT molecular complexity index is 573. The van der Waals surface area contributed by atoms with Crippen LogP contribution >= 0.6 is 0 Å². The number of pyridine rings is 1. The molecule has 0 aliphatic rings. The van der Waals surface area contributed by atoms with Gasteiger partial charge in [-0.15, -0.1) is 0 Å². The highest BCUT2D eigenvalue weighted by molar-refractivity contribution is 6.06. The monoisotopic (exact) mass is 241 g/mol. The molecular formula is C14H15N3O. The van der Waals surface area contributed by atoms with Crippen LogP contribution in [0.15, 0.2) is 36.7 Å². The minimum absolute atomic E-state index is 0.202. The summed E-state index contributed by atoms with van der Waals surface area (Å²) in [6.45, 7) is 3.80. The fraction of sp³-hybridized carbons (Fsp3) is 0.143. The van der Waals surface area contributed by atoms with E-state index in [-0.39, 0.29) is 5.91 Å². The minimum Gasteiger partial charge on any atom is -0.397 e. The Morgan fingerprint density at radius 1 is 1.28 bits per heavy atom. The summed E-state index contributed by atoms with van der Waals surface area (Å²) >= 11 is 0. The minimum atomic E-state index is -0.202. The number of nitrogens with two attached hydrogens (primary N) is 1. The summed E-state index contributed by atoms with van der Waals surface area (Å²) in [5.74, 6) is -0.202. The summed E-state index contributed by atoms with van der Waals surface area (Å²) in [6, 6.07) is 7.31. The van der Waals surface area contributed by atoms with E-state index in [4.69, 9.17) is 5.73 Å². The largest absolute Gasteiger partial charge is 0.397 e. The molecule has 1 heterocycles. The Morgan fingerprint density at radius 3 is 2.72 bits per heavy atom. The van der Waals surface area contributed by atoms with Gasteiger partial charge in [-0.3, -0.25) is 9.78 Å². The smallest absolute Gasteiger partial charge is 0.257 e. The molecule has 3 N–H and O–H groups in total. The Balaban J connectivity index is 2.27. The van der Waals surface area contributed by atoms with Gasteiger partial charge in [0.2, 0.25) is 0 Å². The van der Waals surface area contributed by atoms with Crippen molar-refractivity contribution in [1.82, 2.24) is 4.98 Å². The molecule has 0 saturated carbocycles. The molecule has 0 atom stereocenters. The average Bonchev–Trinajstić information content (AvgIpc) is 2.34. The Hall–Kier alpha value is -2.36. The molecule has 0 saturated heterocycles. The number of aromatic nitrogens is 1. The standard InChI is InChI=1S/C14H15N3O/c1-9-6-11(8-16-7-9)14(18)17-13-10(2)4-3-5-12(13)15/h3-8H,15H2,1-2H3,(H,17,18). The predicted molar refractivity (Wildman–Crippen MR) is 72.5 cm³/mol. The summed E-state index contributed by atoms with van der Waals surface area (Å²) in [5, 5.41) is 2.82. The number of anilines is 2. The first kappa shape index (κ1) is 12.1. The van der Waals surface area contributed by atoms with E-state index in [1.807, 2.05) is 26.0 Å². The number of aryl methyl sites for hydroxylation is 2. The number of hydrogen-bond donors (Lipinski definition) is 2. The third-order valence-corrected chi connectivity index (χ3v) is 2.68. The molecule has 4 heteroatoms. The van der Waals surface area contributed by atoms with E-state index in [0.29, 0.717) is 16.9 Å². The van der Waals surface area contributed by atoms with E-state index >= 15 is 0 Å². The van der Waals surface area contributed by atoms with Gasteiger partial charge >= 0.3 is 0 Å². The normalized spacial score (nSPS) is 10.1. The molecule has 18 heavy (non-hydrogen) atoms. The highest BCUT2D eigenvalue weighted by Gasteiger charge is 2.10. The lowest BCUT2D eigenvalue weighted by Gasteiger charge is -2.11. The van der Waals surface area contributed by atoms with Gasteiger partial charge in [-0.1, -0.05) is 12.1 Å². The quantitative estimate of drug-likeness (QED) is 0.794. The fourth-order valence-electron chi connectivity index (χ4n) is 1.73. The fourth-order valence-corrected chi connectivity index (χ4v) is 1.73.